The maximum atomic E-state index is 6.45. The van der Waals surface area contributed by atoms with E-state index in [1.807, 2.05) is 35.2 Å². The Morgan fingerprint density at radius 1 is 1.21 bits per heavy atom. The Labute approximate surface area is 138 Å². The largest absolute Gasteiger partial charge is 0.320 e. The predicted octanol–water partition coefficient (Wildman–Crippen LogP) is 5.11. The van der Waals surface area contributed by atoms with Gasteiger partial charge in [0.25, 0.3) is 0 Å². The summed E-state index contributed by atoms with van der Waals surface area (Å²) in [6.45, 7) is 0. The second kappa shape index (κ2) is 5.90. The summed E-state index contributed by atoms with van der Waals surface area (Å²) < 4.78 is 2.14. The van der Waals surface area contributed by atoms with Crippen molar-refractivity contribution in [3.63, 3.8) is 0 Å². The zero-order valence-corrected chi connectivity index (χ0v) is 15.0. The molecule has 0 aliphatic carbocycles. The van der Waals surface area contributed by atoms with Crippen LogP contribution in [-0.2, 0) is 12.2 Å². The molecular formula is C14H13Br2NS2. The molecule has 1 atom stereocenters. The highest BCUT2D eigenvalue weighted by Crippen LogP contribution is 2.37. The Morgan fingerprint density at radius 3 is 2.84 bits per heavy atom. The first-order chi connectivity index (χ1) is 9.15. The molecule has 1 unspecified atom stereocenters. The summed E-state index contributed by atoms with van der Waals surface area (Å²) in [6, 6.07) is 8.42. The lowest BCUT2D eigenvalue weighted by molar-refractivity contribution is 0.885. The molecule has 0 radical (unpaired) electrons. The molecule has 0 fully saturated rings. The van der Waals surface area contributed by atoms with E-state index in [2.05, 4.69) is 44.0 Å². The molecule has 3 rings (SSSR count). The van der Waals surface area contributed by atoms with Crippen molar-refractivity contribution >= 4 is 55.0 Å². The fourth-order valence-corrected chi connectivity index (χ4v) is 5.50. The van der Waals surface area contributed by atoms with Crippen molar-refractivity contribution in [1.82, 2.24) is 0 Å². The van der Waals surface area contributed by atoms with E-state index in [-0.39, 0.29) is 6.04 Å². The first kappa shape index (κ1) is 14.1. The van der Waals surface area contributed by atoms with Gasteiger partial charge in [0.1, 0.15) is 0 Å². The highest BCUT2D eigenvalue weighted by molar-refractivity contribution is 9.11. The summed E-state index contributed by atoms with van der Waals surface area (Å²) in [4.78, 5) is 2.79. The van der Waals surface area contributed by atoms with Gasteiger partial charge in [-0.05, 0) is 47.6 Å². The second-order valence-electron chi connectivity index (χ2n) is 4.54. The lowest BCUT2D eigenvalue weighted by atomic mass is 10.1. The molecule has 1 aromatic heterocycles. The molecule has 0 bridgehead atoms. The monoisotopic (exact) mass is 417 g/mol. The van der Waals surface area contributed by atoms with Crippen LogP contribution in [0, 0.1) is 0 Å². The van der Waals surface area contributed by atoms with Crippen molar-refractivity contribution in [1.29, 1.82) is 0 Å². The SMILES string of the molecule is NC(c1cc2c(s1)CCSC2)c1cc(Br)ccc1Br. The molecule has 1 aliphatic heterocycles. The first-order valence-electron chi connectivity index (χ1n) is 6.05. The molecule has 1 aromatic carbocycles. The van der Waals surface area contributed by atoms with Crippen molar-refractivity contribution in [2.45, 2.75) is 18.2 Å². The lowest BCUT2D eigenvalue weighted by Gasteiger charge is -2.12. The minimum atomic E-state index is -0.0486. The van der Waals surface area contributed by atoms with Crippen molar-refractivity contribution in [3.05, 3.63) is 54.1 Å². The van der Waals surface area contributed by atoms with Crippen LogP contribution >= 0.6 is 55.0 Å². The minimum Gasteiger partial charge on any atom is -0.320 e. The van der Waals surface area contributed by atoms with Crippen LogP contribution < -0.4 is 5.73 Å². The Kier molecular flexibility index (Phi) is 4.39. The average molecular weight is 419 g/mol. The molecule has 0 spiro atoms. The number of benzene rings is 1. The van der Waals surface area contributed by atoms with Gasteiger partial charge in [0.2, 0.25) is 0 Å². The molecule has 100 valence electrons. The van der Waals surface area contributed by atoms with Crippen molar-refractivity contribution in [2.24, 2.45) is 5.73 Å². The zero-order chi connectivity index (χ0) is 13.4. The van der Waals surface area contributed by atoms with Gasteiger partial charge >= 0.3 is 0 Å². The number of nitrogens with two attached hydrogens (primary N) is 1. The van der Waals surface area contributed by atoms with Crippen LogP contribution in [-0.4, -0.2) is 5.75 Å². The summed E-state index contributed by atoms with van der Waals surface area (Å²) in [6.07, 6.45) is 1.19. The fraction of sp³-hybridized carbons (Fsp3) is 0.286. The van der Waals surface area contributed by atoms with Gasteiger partial charge in [0.15, 0.2) is 0 Å². The molecule has 5 heteroatoms. The summed E-state index contributed by atoms with van der Waals surface area (Å²) in [5.74, 6) is 2.38. The molecule has 0 saturated heterocycles. The Bertz CT molecular complexity index is 586. The van der Waals surface area contributed by atoms with Crippen molar-refractivity contribution < 1.29 is 0 Å². The van der Waals surface area contributed by atoms with Crippen molar-refractivity contribution in [2.75, 3.05) is 5.75 Å². The number of fused-ring (bicyclic) bond motifs is 1. The quantitative estimate of drug-likeness (QED) is 0.733. The van der Waals surface area contributed by atoms with E-state index < -0.39 is 0 Å². The molecule has 19 heavy (non-hydrogen) atoms. The van der Waals surface area contributed by atoms with Gasteiger partial charge in [-0.25, -0.2) is 0 Å². The number of thiophene rings is 1. The second-order valence-corrected chi connectivity index (χ2v) is 8.59. The highest BCUT2D eigenvalue weighted by atomic mass is 79.9. The maximum absolute atomic E-state index is 6.45. The van der Waals surface area contributed by atoms with E-state index in [0.717, 1.165) is 20.3 Å². The third kappa shape index (κ3) is 2.95. The summed E-state index contributed by atoms with van der Waals surface area (Å²) in [7, 11) is 0. The number of halogens is 2. The Morgan fingerprint density at radius 2 is 2.05 bits per heavy atom. The molecule has 0 amide bonds. The molecule has 2 heterocycles. The topological polar surface area (TPSA) is 26.0 Å². The molecular weight excluding hydrogens is 406 g/mol. The third-order valence-corrected chi connectivity index (χ3v) is 6.79. The number of hydrogen-bond donors (Lipinski definition) is 1. The van der Waals surface area contributed by atoms with Gasteiger partial charge in [0, 0.05) is 24.5 Å². The van der Waals surface area contributed by atoms with Crippen LogP contribution in [0.3, 0.4) is 0 Å². The molecule has 0 saturated carbocycles. The molecule has 1 aliphatic rings. The van der Waals surface area contributed by atoms with Crippen LogP contribution in [0.15, 0.2) is 33.2 Å². The summed E-state index contributed by atoms with van der Waals surface area (Å²) >= 11 is 11.0. The Balaban J connectivity index is 1.97. The minimum absolute atomic E-state index is 0.0486. The number of thioether (sulfide) groups is 1. The number of hydrogen-bond acceptors (Lipinski definition) is 3. The van der Waals surface area contributed by atoms with Crippen LogP contribution in [0.5, 0.6) is 0 Å². The lowest BCUT2D eigenvalue weighted by Crippen LogP contribution is -2.10. The van der Waals surface area contributed by atoms with Gasteiger partial charge in [0.05, 0.1) is 6.04 Å². The van der Waals surface area contributed by atoms with Crippen LogP contribution in [0.1, 0.15) is 26.9 Å². The predicted molar refractivity (Wildman–Crippen MR) is 92.1 cm³/mol. The fourth-order valence-electron chi connectivity index (χ4n) is 2.23. The van der Waals surface area contributed by atoms with E-state index >= 15 is 0 Å². The number of aryl methyl sites for hydroxylation is 1. The maximum Gasteiger partial charge on any atom is 0.0657 e. The average Bonchev–Trinajstić information content (AvgIpc) is 2.84. The van der Waals surface area contributed by atoms with Crippen LogP contribution in [0.2, 0.25) is 0 Å². The number of rotatable bonds is 2. The highest BCUT2D eigenvalue weighted by Gasteiger charge is 2.19. The summed E-state index contributed by atoms with van der Waals surface area (Å²) in [5, 5.41) is 0. The van der Waals surface area contributed by atoms with Gasteiger partial charge in [-0.1, -0.05) is 31.9 Å². The van der Waals surface area contributed by atoms with Gasteiger partial charge in [-0.3, -0.25) is 0 Å². The van der Waals surface area contributed by atoms with E-state index in [0.29, 0.717) is 0 Å². The Hall–Kier alpha value is 0.190. The summed E-state index contributed by atoms with van der Waals surface area (Å²) in [5.41, 5.74) is 9.07. The van der Waals surface area contributed by atoms with Gasteiger partial charge < -0.3 is 5.73 Å². The smallest absolute Gasteiger partial charge is 0.0657 e. The van der Waals surface area contributed by atoms with E-state index in [1.54, 1.807) is 0 Å². The van der Waals surface area contributed by atoms with Crippen molar-refractivity contribution in [3.8, 4) is 0 Å². The van der Waals surface area contributed by atoms with E-state index in [1.165, 1.54) is 27.5 Å². The first-order valence-corrected chi connectivity index (χ1v) is 9.60. The van der Waals surface area contributed by atoms with E-state index in [4.69, 9.17) is 5.73 Å². The normalized spacial score (nSPS) is 16.2. The molecule has 2 aromatic rings. The standard InChI is InChI=1S/C14H13Br2NS2/c15-9-1-2-11(16)10(6-9)14(17)13-5-8-7-18-4-3-12(8)19-13/h1-2,5-6,14H,3-4,7,17H2. The van der Waals surface area contributed by atoms with Gasteiger partial charge in [-0.2, -0.15) is 11.8 Å². The van der Waals surface area contributed by atoms with Gasteiger partial charge in [-0.15, -0.1) is 11.3 Å². The zero-order valence-electron chi connectivity index (χ0n) is 10.2. The molecule has 2 N–H and O–H groups in total. The van der Waals surface area contributed by atoms with E-state index in [9.17, 15) is 0 Å². The third-order valence-electron chi connectivity index (χ3n) is 3.25. The molecule has 1 nitrogen and oxygen atoms in total. The van der Waals surface area contributed by atoms with Crippen LogP contribution in [0.4, 0.5) is 0 Å². The van der Waals surface area contributed by atoms with Crippen LogP contribution in [0.25, 0.3) is 0 Å².